The zero-order chi connectivity index (χ0) is 7.73. The molecule has 1 aliphatic carbocycles. The van der Waals surface area contributed by atoms with Crippen LogP contribution < -0.4 is 5.32 Å². The maximum Gasteiger partial charge on any atom is 0.0136 e. The van der Waals surface area contributed by atoms with Crippen molar-refractivity contribution in [1.82, 2.24) is 5.32 Å². The summed E-state index contributed by atoms with van der Waals surface area (Å²) in [5.41, 5.74) is 0.774. The van der Waals surface area contributed by atoms with Crippen molar-refractivity contribution >= 4 is 0 Å². The topological polar surface area (TPSA) is 12.0 Å². The Bertz CT molecular complexity index is 136. The maximum absolute atomic E-state index is 3.58. The Kier molecular flexibility index (Phi) is 1.92. The lowest BCUT2D eigenvalue weighted by molar-refractivity contribution is 0.0821. The summed E-state index contributed by atoms with van der Waals surface area (Å²) in [5.74, 6) is 0. The van der Waals surface area contributed by atoms with Crippen LogP contribution in [0.3, 0.4) is 0 Å². The standard InChI is InChI=1S/C10H19N/c1-2-5-9-10(8-11-9)6-3-4-7-10/h9,11H,2-8H2,1H3. The van der Waals surface area contributed by atoms with E-state index in [9.17, 15) is 0 Å². The summed E-state index contributed by atoms with van der Waals surface area (Å²) in [7, 11) is 0. The van der Waals surface area contributed by atoms with Crippen LogP contribution in [-0.4, -0.2) is 12.6 Å². The van der Waals surface area contributed by atoms with Crippen molar-refractivity contribution in [2.75, 3.05) is 6.54 Å². The molecule has 1 spiro atoms. The molecule has 0 amide bonds. The third-order valence-corrected chi connectivity index (χ3v) is 3.62. The average molecular weight is 153 g/mol. The zero-order valence-corrected chi connectivity index (χ0v) is 7.53. The second-order valence-electron chi connectivity index (χ2n) is 4.29. The number of hydrogen-bond acceptors (Lipinski definition) is 1. The molecule has 1 unspecified atom stereocenters. The summed E-state index contributed by atoms with van der Waals surface area (Å²) >= 11 is 0. The summed E-state index contributed by atoms with van der Waals surface area (Å²) in [6.45, 7) is 3.61. The van der Waals surface area contributed by atoms with Gasteiger partial charge in [0.2, 0.25) is 0 Å². The van der Waals surface area contributed by atoms with E-state index in [1.165, 1.54) is 45.1 Å². The molecule has 0 bridgehead atoms. The maximum atomic E-state index is 3.58. The highest BCUT2D eigenvalue weighted by molar-refractivity contribution is 5.03. The van der Waals surface area contributed by atoms with Crippen LogP contribution in [0.2, 0.25) is 0 Å². The normalized spacial score (nSPS) is 34.1. The van der Waals surface area contributed by atoms with Crippen molar-refractivity contribution in [3.05, 3.63) is 0 Å². The van der Waals surface area contributed by atoms with Gasteiger partial charge in [-0.1, -0.05) is 26.2 Å². The quantitative estimate of drug-likeness (QED) is 0.642. The Balaban J connectivity index is 1.92. The van der Waals surface area contributed by atoms with E-state index < -0.39 is 0 Å². The van der Waals surface area contributed by atoms with Crippen molar-refractivity contribution in [2.24, 2.45) is 5.41 Å². The van der Waals surface area contributed by atoms with Crippen LogP contribution in [0.1, 0.15) is 45.4 Å². The molecule has 1 aliphatic heterocycles. The Morgan fingerprint density at radius 2 is 2.09 bits per heavy atom. The van der Waals surface area contributed by atoms with Gasteiger partial charge in [-0.25, -0.2) is 0 Å². The number of nitrogens with one attached hydrogen (secondary N) is 1. The van der Waals surface area contributed by atoms with Gasteiger partial charge in [-0.15, -0.1) is 0 Å². The van der Waals surface area contributed by atoms with Gasteiger partial charge in [-0.3, -0.25) is 0 Å². The van der Waals surface area contributed by atoms with Gasteiger partial charge in [0.15, 0.2) is 0 Å². The minimum Gasteiger partial charge on any atom is -0.313 e. The van der Waals surface area contributed by atoms with Crippen LogP contribution in [0.15, 0.2) is 0 Å². The first kappa shape index (κ1) is 7.60. The van der Waals surface area contributed by atoms with Crippen molar-refractivity contribution in [1.29, 1.82) is 0 Å². The number of rotatable bonds is 2. The third-order valence-electron chi connectivity index (χ3n) is 3.62. The van der Waals surface area contributed by atoms with Crippen LogP contribution in [0.5, 0.6) is 0 Å². The predicted molar refractivity (Wildman–Crippen MR) is 47.6 cm³/mol. The second-order valence-corrected chi connectivity index (χ2v) is 4.29. The van der Waals surface area contributed by atoms with Crippen molar-refractivity contribution in [3.63, 3.8) is 0 Å². The third kappa shape index (κ3) is 1.10. The van der Waals surface area contributed by atoms with Crippen LogP contribution in [0, 0.1) is 5.41 Å². The van der Waals surface area contributed by atoms with Gasteiger partial charge < -0.3 is 5.32 Å². The molecule has 2 fully saturated rings. The lowest BCUT2D eigenvalue weighted by Gasteiger charge is -2.48. The Morgan fingerprint density at radius 3 is 2.55 bits per heavy atom. The van der Waals surface area contributed by atoms with Gasteiger partial charge in [0.05, 0.1) is 0 Å². The predicted octanol–water partition coefficient (Wildman–Crippen LogP) is 2.32. The summed E-state index contributed by atoms with van der Waals surface area (Å²) in [6.07, 6.45) is 8.73. The molecule has 1 N–H and O–H groups in total. The van der Waals surface area contributed by atoms with Crippen molar-refractivity contribution in [2.45, 2.75) is 51.5 Å². The molecule has 0 aromatic carbocycles. The molecular formula is C10H19N. The smallest absolute Gasteiger partial charge is 0.0136 e. The van der Waals surface area contributed by atoms with Crippen molar-refractivity contribution < 1.29 is 0 Å². The fourth-order valence-corrected chi connectivity index (χ4v) is 2.84. The highest BCUT2D eigenvalue weighted by Gasteiger charge is 2.46. The summed E-state index contributed by atoms with van der Waals surface area (Å²) in [5, 5.41) is 3.58. The van der Waals surface area contributed by atoms with Gasteiger partial charge in [0, 0.05) is 12.6 Å². The number of hydrogen-bond donors (Lipinski definition) is 1. The Labute approximate surface area is 69.6 Å². The molecule has 2 aliphatic rings. The van der Waals surface area contributed by atoms with Crippen LogP contribution in [0.25, 0.3) is 0 Å². The molecule has 1 nitrogen and oxygen atoms in total. The molecular weight excluding hydrogens is 134 g/mol. The SMILES string of the molecule is CCCC1NCC12CCCC2. The lowest BCUT2D eigenvalue weighted by Crippen LogP contribution is -2.60. The minimum absolute atomic E-state index is 0.774. The molecule has 1 heteroatoms. The first-order valence-electron chi connectivity index (χ1n) is 5.11. The fourth-order valence-electron chi connectivity index (χ4n) is 2.84. The molecule has 0 aromatic rings. The van der Waals surface area contributed by atoms with E-state index in [0.29, 0.717) is 0 Å². The van der Waals surface area contributed by atoms with E-state index in [1.54, 1.807) is 0 Å². The molecule has 2 rings (SSSR count). The van der Waals surface area contributed by atoms with Gasteiger partial charge in [-0.05, 0) is 24.7 Å². The average Bonchev–Trinajstić information content (AvgIpc) is 2.48. The van der Waals surface area contributed by atoms with E-state index in [0.717, 1.165) is 11.5 Å². The molecule has 1 saturated heterocycles. The van der Waals surface area contributed by atoms with Crippen LogP contribution >= 0.6 is 0 Å². The second kappa shape index (κ2) is 2.78. The van der Waals surface area contributed by atoms with E-state index >= 15 is 0 Å². The van der Waals surface area contributed by atoms with Gasteiger partial charge >= 0.3 is 0 Å². The van der Waals surface area contributed by atoms with Crippen molar-refractivity contribution in [3.8, 4) is 0 Å². The molecule has 1 saturated carbocycles. The van der Waals surface area contributed by atoms with E-state index in [-0.39, 0.29) is 0 Å². The van der Waals surface area contributed by atoms with Gasteiger partial charge in [0.25, 0.3) is 0 Å². The highest BCUT2D eigenvalue weighted by Crippen LogP contribution is 2.46. The van der Waals surface area contributed by atoms with Gasteiger partial charge in [0.1, 0.15) is 0 Å². The first-order chi connectivity index (χ1) is 5.37. The highest BCUT2D eigenvalue weighted by atomic mass is 15.0. The van der Waals surface area contributed by atoms with Gasteiger partial charge in [-0.2, -0.15) is 0 Å². The van der Waals surface area contributed by atoms with E-state index in [4.69, 9.17) is 0 Å². The lowest BCUT2D eigenvalue weighted by atomic mass is 9.70. The summed E-state index contributed by atoms with van der Waals surface area (Å²) < 4.78 is 0. The fraction of sp³-hybridized carbons (Fsp3) is 1.00. The summed E-state index contributed by atoms with van der Waals surface area (Å²) in [6, 6.07) is 0.884. The Hall–Kier alpha value is -0.0400. The molecule has 11 heavy (non-hydrogen) atoms. The monoisotopic (exact) mass is 153 g/mol. The van der Waals surface area contributed by atoms with Crippen LogP contribution in [0.4, 0.5) is 0 Å². The Morgan fingerprint density at radius 1 is 1.36 bits per heavy atom. The van der Waals surface area contributed by atoms with E-state index in [2.05, 4.69) is 12.2 Å². The molecule has 64 valence electrons. The first-order valence-corrected chi connectivity index (χ1v) is 5.11. The molecule has 1 heterocycles. The largest absolute Gasteiger partial charge is 0.313 e. The molecule has 0 aromatic heterocycles. The minimum atomic E-state index is 0.774. The van der Waals surface area contributed by atoms with E-state index in [1.807, 2.05) is 0 Å². The molecule has 0 radical (unpaired) electrons. The zero-order valence-electron chi connectivity index (χ0n) is 7.53. The molecule has 1 atom stereocenters. The summed E-state index contributed by atoms with van der Waals surface area (Å²) in [4.78, 5) is 0. The van der Waals surface area contributed by atoms with Crippen LogP contribution in [-0.2, 0) is 0 Å².